The summed E-state index contributed by atoms with van der Waals surface area (Å²) in [6.45, 7) is 1.70. The van der Waals surface area contributed by atoms with Crippen molar-refractivity contribution < 1.29 is 9.53 Å². The smallest absolute Gasteiger partial charge is 0.251 e. The highest BCUT2D eigenvalue weighted by Crippen LogP contribution is 2.17. The first-order chi connectivity index (χ1) is 14.7. The second-order valence-corrected chi connectivity index (χ2v) is 7.28. The van der Waals surface area contributed by atoms with Gasteiger partial charge in [0.15, 0.2) is 0 Å². The monoisotopic (exact) mass is 419 g/mol. The second-order valence-electron chi connectivity index (χ2n) is 6.84. The van der Waals surface area contributed by atoms with Crippen molar-refractivity contribution in [1.29, 1.82) is 0 Å². The molecule has 30 heavy (non-hydrogen) atoms. The van der Waals surface area contributed by atoms with Crippen LogP contribution >= 0.6 is 11.6 Å². The molecule has 0 fully saturated rings. The Labute approximate surface area is 180 Å². The number of benzene rings is 3. The highest BCUT2D eigenvalue weighted by molar-refractivity contribution is 6.30. The van der Waals surface area contributed by atoms with Gasteiger partial charge in [0.05, 0.1) is 17.6 Å². The molecule has 152 valence electrons. The van der Waals surface area contributed by atoms with Gasteiger partial charge in [0.2, 0.25) is 0 Å². The van der Waals surface area contributed by atoms with Crippen molar-refractivity contribution in [2.45, 2.75) is 13.0 Å². The summed E-state index contributed by atoms with van der Waals surface area (Å²) >= 11 is 5.88. The molecule has 3 aromatic carbocycles. The number of carbonyl (C=O) groups excluding carboxylic acids is 1. The molecule has 1 N–H and O–H groups in total. The molecule has 0 aliphatic carbocycles. The fourth-order valence-corrected chi connectivity index (χ4v) is 3.45. The predicted molar refractivity (Wildman–Crippen MR) is 119 cm³/mol. The number of fused-ring (bicyclic) bond motifs is 1. The lowest BCUT2D eigenvalue weighted by Gasteiger charge is -2.11. The van der Waals surface area contributed by atoms with Gasteiger partial charge in [-0.25, -0.2) is 4.98 Å². The van der Waals surface area contributed by atoms with E-state index in [1.54, 1.807) is 24.3 Å². The van der Waals surface area contributed by atoms with Crippen molar-refractivity contribution in [3.63, 3.8) is 0 Å². The first kappa shape index (κ1) is 20.0. The Hall–Kier alpha value is -3.31. The molecule has 1 aromatic heterocycles. The van der Waals surface area contributed by atoms with Gasteiger partial charge in [0.25, 0.3) is 5.91 Å². The van der Waals surface area contributed by atoms with Crippen LogP contribution in [-0.4, -0.2) is 28.6 Å². The van der Waals surface area contributed by atoms with Crippen LogP contribution in [-0.2, 0) is 13.0 Å². The van der Waals surface area contributed by atoms with E-state index < -0.39 is 0 Å². The molecule has 0 radical (unpaired) electrons. The van der Waals surface area contributed by atoms with Crippen molar-refractivity contribution in [1.82, 2.24) is 14.9 Å². The summed E-state index contributed by atoms with van der Waals surface area (Å²) in [5.74, 6) is 1.64. The van der Waals surface area contributed by atoms with Gasteiger partial charge >= 0.3 is 0 Å². The maximum Gasteiger partial charge on any atom is 0.251 e. The second kappa shape index (κ2) is 9.46. The van der Waals surface area contributed by atoms with Gasteiger partial charge in [0.1, 0.15) is 18.2 Å². The Kier molecular flexibility index (Phi) is 6.30. The molecule has 0 unspecified atom stereocenters. The molecule has 5 nitrogen and oxygen atoms in total. The quantitative estimate of drug-likeness (QED) is 0.448. The lowest BCUT2D eigenvalue weighted by Crippen LogP contribution is -2.26. The van der Waals surface area contributed by atoms with Crippen molar-refractivity contribution >= 4 is 28.5 Å². The first-order valence-corrected chi connectivity index (χ1v) is 10.2. The number of rotatable bonds is 8. The molecule has 4 rings (SSSR count). The van der Waals surface area contributed by atoms with Crippen LogP contribution in [0.2, 0.25) is 5.02 Å². The Balaban J connectivity index is 1.41. The van der Waals surface area contributed by atoms with E-state index in [9.17, 15) is 4.79 Å². The van der Waals surface area contributed by atoms with Crippen LogP contribution < -0.4 is 10.1 Å². The zero-order valence-corrected chi connectivity index (χ0v) is 17.2. The molecule has 0 saturated carbocycles. The summed E-state index contributed by atoms with van der Waals surface area (Å²) in [5.41, 5.74) is 2.59. The molecule has 0 bridgehead atoms. The number of hydrogen-bond acceptors (Lipinski definition) is 3. The molecule has 0 atom stereocenters. The number of imidazole rings is 1. The van der Waals surface area contributed by atoms with Crippen LogP contribution in [0.15, 0.2) is 78.9 Å². The largest absolute Gasteiger partial charge is 0.492 e. The molecular formula is C24H22ClN3O2. The number of amides is 1. The molecular weight excluding hydrogens is 398 g/mol. The Morgan fingerprint density at radius 3 is 2.50 bits per heavy atom. The highest BCUT2D eigenvalue weighted by Gasteiger charge is 2.11. The summed E-state index contributed by atoms with van der Waals surface area (Å²) in [6, 6.07) is 24.7. The van der Waals surface area contributed by atoms with Crippen molar-refractivity contribution in [3.8, 4) is 5.75 Å². The Morgan fingerprint density at radius 2 is 1.70 bits per heavy atom. The fraction of sp³-hybridized carbons (Fsp3) is 0.167. The van der Waals surface area contributed by atoms with E-state index in [-0.39, 0.29) is 5.91 Å². The third kappa shape index (κ3) is 4.81. The summed E-state index contributed by atoms with van der Waals surface area (Å²) in [6.07, 6.45) is 0.624. The van der Waals surface area contributed by atoms with Crippen molar-refractivity contribution in [2.24, 2.45) is 0 Å². The summed E-state index contributed by atoms with van der Waals surface area (Å²) in [4.78, 5) is 17.1. The van der Waals surface area contributed by atoms with Gasteiger partial charge in [-0.2, -0.15) is 0 Å². The maximum absolute atomic E-state index is 12.3. The van der Waals surface area contributed by atoms with Gasteiger partial charge in [-0.3, -0.25) is 4.79 Å². The molecule has 0 spiro atoms. The number of halogens is 1. The van der Waals surface area contributed by atoms with Gasteiger partial charge in [0, 0.05) is 23.6 Å². The van der Waals surface area contributed by atoms with Crippen LogP contribution in [0.25, 0.3) is 11.0 Å². The summed E-state index contributed by atoms with van der Waals surface area (Å²) in [7, 11) is 0. The minimum atomic E-state index is -0.123. The first-order valence-electron chi connectivity index (χ1n) is 9.86. The third-order valence-corrected chi connectivity index (χ3v) is 5.05. The summed E-state index contributed by atoms with van der Waals surface area (Å²) < 4.78 is 8.02. The standard InChI is InChI=1S/C24H22ClN3O2/c25-19-12-10-18(11-13-19)24(29)26-15-14-23-27-21-8-4-5-9-22(21)28(23)16-17-30-20-6-2-1-3-7-20/h1-13H,14-17H2,(H,26,29). The van der Waals surface area contributed by atoms with Crippen LogP contribution in [0.3, 0.4) is 0 Å². The van der Waals surface area contributed by atoms with E-state index >= 15 is 0 Å². The average Bonchev–Trinajstić information content (AvgIpc) is 3.12. The van der Waals surface area contributed by atoms with E-state index in [0.717, 1.165) is 22.6 Å². The van der Waals surface area contributed by atoms with Crippen LogP contribution in [0, 0.1) is 0 Å². The van der Waals surface area contributed by atoms with E-state index in [1.165, 1.54) is 0 Å². The number of para-hydroxylation sites is 3. The highest BCUT2D eigenvalue weighted by atomic mass is 35.5. The van der Waals surface area contributed by atoms with Crippen molar-refractivity contribution in [3.05, 3.63) is 95.3 Å². The predicted octanol–water partition coefficient (Wildman–Crippen LogP) is 4.74. The van der Waals surface area contributed by atoms with Gasteiger partial charge in [-0.15, -0.1) is 0 Å². The van der Waals surface area contributed by atoms with E-state index in [0.29, 0.717) is 36.7 Å². The zero-order valence-electron chi connectivity index (χ0n) is 16.4. The fourth-order valence-electron chi connectivity index (χ4n) is 3.33. The van der Waals surface area contributed by atoms with Gasteiger partial charge in [-0.1, -0.05) is 41.9 Å². The zero-order chi connectivity index (χ0) is 20.8. The Morgan fingerprint density at radius 1 is 0.967 bits per heavy atom. The normalized spacial score (nSPS) is 10.8. The molecule has 0 aliphatic heterocycles. The minimum absolute atomic E-state index is 0.123. The molecule has 1 heterocycles. The van der Waals surface area contributed by atoms with Crippen LogP contribution in [0.5, 0.6) is 5.75 Å². The average molecular weight is 420 g/mol. The van der Waals surface area contributed by atoms with Gasteiger partial charge in [-0.05, 0) is 48.5 Å². The van der Waals surface area contributed by atoms with E-state index in [2.05, 4.69) is 16.0 Å². The lowest BCUT2D eigenvalue weighted by atomic mass is 10.2. The molecule has 0 saturated heterocycles. The molecule has 6 heteroatoms. The Bertz CT molecular complexity index is 1120. The number of carbonyl (C=O) groups is 1. The molecule has 4 aromatic rings. The minimum Gasteiger partial charge on any atom is -0.492 e. The van der Waals surface area contributed by atoms with Crippen LogP contribution in [0.1, 0.15) is 16.2 Å². The molecule has 0 aliphatic rings. The number of hydrogen-bond donors (Lipinski definition) is 1. The SMILES string of the molecule is O=C(NCCc1nc2ccccc2n1CCOc1ccccc1)c1ccc(Cl)cc1. The topological polar surface area (TPSA) is 56.2 Å². The number of nitrogens with one attached hydrogen (secondary N) is 1. The lowest BCUT2D eigenvalue weighted by molar-refractivity contribution is 0.0954. The van der Waals surface area contributed by atoms with E-state index in [1.807, 2.05) is 48.5 Å². The number of nitrogens with zero attached hydrogens (tertiary/aromatic N) is 2. The van der Waals surface area contributed by atoms with E-state index in [4.69, 9.17) is 21.3 Å². The van der Waals surface area contributed by atoms with Crippen LogP contribution in [0.4, 0.5) is 0 Å². The summed E-state index contributed by atoms with van der Waals surface area (Å²) in [5, 5.41) is 3.56. The maximum atomic E-state index is 12.3. The number of ether oxygens (including phenoxy) is 1. The third-order valence-electron chi connectivity index (χ3n) is 4.80. The molecule has 1 amide bonds. The number of aromatic nitrogens is 2. The van der Waals surface area contributed by atoms with Gasteiger partial charge < -0.3 is 14.6 Å². The van der Waals surface area contributed by atoms with Crippen molar-refractivity contribution in [2.75, 3.05) is 13.2 Å².